The molecule has 3 nitrogen and oxygen atoms in total. The van der Waals surface area contributed by atoms with Gasteiger partial charge in [0.15, 0.2) is 0 Å². The van der Waals surface area contributed by atoms with Crippen molar-refractivity contribution >= 4 is 0 Å². The van der Waals surface area contributed by atoms with Gasteiger partial charge >= 0.3 is 0 Å². The lowest BCUT2D eigenvalue weighted by Crippen LogP contribution is -2.25. The fourth-order valence-electron chi connectivity index (χ4n) is 0.924. The topological polar surface area (TPSA) is 59.1 Å². The van der Waals surface area contributed by atoms with Crippen LogP contribution in [-0.4, -0.2) is 16.1 Å². The molecule has 0 amide bonds. The van der Waals surface area contributed by atoms with Gasteiger partial charge in [0.2, 0.25) is 0 Å². The SMILES string of the molecule is Cc1ccc([C@@H](O)[C@H](C)N)nc1. The van der Waals surface area contributed by atoms with Gasteiger partial charge in [0.1, 0.15) is 6.10 Å². The van der Waals surface area contributed by atoms with Gasteiger partial charge < -0.3 is 10.8 Å². The monoisotopic (exact) mass is 166 g/mol. The Hall–Kier alpha value is -0.930. The number of aliphatic hydroxyl groups is 1. The molecule has 2 atom stereocenters. The van der Waals surface area contributed by atoms with Gasteiger partial charge in [-0.3, -0.25) is 4.98 Å². The molecule has 0 unspecified atom stereocenters. The standard InChI is InChI=1S/C9H14N2O/c1-6-3-4-8(11-5-6)9(12)7(2)10/h3-5,7,9,12H,10H2,1-2H3/t7-,9-/m0/s1. The molecule has 0 saturated carbocycles. The Balaban J connectivity index is 2.82. The van der Waals surface area contributed by atoms with Crippen molar-refractivity contribution in [2.24, 2.45) is 5.73 Å². The summed E-state index contributed by atoms with van der Waals surface area (Å²) in [5.41, 5.74) is 7.23. The Bertz CT molecular complexity index is 243. The third kappa shape index (κ3) is 2.03. The highest BCUT2D eigenvalue weighted by molar-refractivity contribution is 5.14. The van der Waals surface area contributed by atoms with Crippen molar-refractivity contribution in [3.63, 3.8) is 0 Å². The normalized spacial score (nSPS) is 15.7. The lowest BCUT2D eigenvalue weighted by Gasteiger charge is -2.13. The van der Waals surface area contributed by atoms with Crippen LogP contribution < -0.4 is 5.73 Å². The first kappa shape index (κ1) is 9.16. The summed E-state index contributed by atoms with van der Waals surface area (Å²) < 4.78 is 0. The molecule has 1 rings (SSSR count). The third-order valence-corrected chi connectivity index (χ3v) is 1.74. The maximum atomic E-state index is 9.50. The Morgan fingerprint density at radius 2 is 2.17 bits per heavy atom. The minimum Gasteiger partial charge on any atom is -0.385 e. The summed E-state index contributed by atoms with van der Waals surface area (Å²) in [4.78, 5) is 4.07. The van der Waals surface area contributed by atoms with Crippen LogP contribution in [0, 0.1) is 6.92 Å². The van der Waals surface area contributed by atoms with Crippen molar-refractivity contribution in [1.29, 1.82) is 0 Å². The molecule has 66 valence electrons. The number of hydrogen-bond donors (Lipinski definition) is 2. The van der Waals surface area contributed by atoms with Crippen molar-refractivity contribution in [2.45, 2.75) is 26.0 Å². The molecule has 0 aromatic carbocycles. The van der Waals surface area contributed by atoms with Gasteiger partial charge in [-0.25, -0.2) is 0 Å². The fraction of sp³-hybridized carbons (Fsp3) is 0.444. The van der Waals surface area contributed by atoms with E-state index in [0.717, 1.165) is 5.56 Å². The predicted molar refractivity (Wildman–Crippen MR) is 47.6 cm³/mol. The van der Waals surface area contributed by atoms with Crippen LogP contribution in [0.15, 0.2) is 18.3 Å². The summed E-state index contributed by atoms with van der Waals surface area (Å²) in [5.74, 6) is 0. The Morgan fingerprint density at radius 1 is 1.50 bits per heavy atom. The first-order valence-electron chi connectivity index (χ1n) is 3.97. The lowest BCUT2D eigenvalue weighted by atomic mass is 10.1. The van der Waals surface area contributed by atoms with E-state index in [4.69, 9.17) is 5.73 Å². The van der Waals surface area contributed by atoms with Gasteiger partial charge in [-0.15, -0.1) is 0 Å². The number of pyridine rings is 1. The molecule has 0 aliphatic carbocycles. The van der Waals surface area contributed by atoms with E-state index in [1.54, 1.807) is 19.2 Å². The van der Waals surface area contributed by atoms with E-state index in [2.05, 4.69) is 4.98 Å². The summed E-state index contributed by atoms with van der Waals surface area (Å²) in [6, 6.07) is 3.43. The van der Waals surface area contributed by atoms with Crippen LogP contribution >= 0.6 is 0 Å². The smallest absolute Gasteiger partial charge is 0.111 e. The van der Waals surface area contributed by atoms with Crippen molar-refractivity contribution in [2.75, 3.05) is 0 Å². The van der Waals surface area contributed by atoms with Gasteiger partial charge in [0.05, 0.1) is 5.69 Å². The van der Waals surface area contributed by atoms with Gasteiger partial charge in [0.25, 0.3) is 0 Å². The number of aliphatic hydroxyl groups excluding tert-OH is 1. The van der Waals surface area contributed by atoms with Crippen LogP contribution in [0.4, 0.5) is 0 Å². The van der Waals surface area contributed by atoms with Crippen LogP contribution in [0.25, 0.3) is 0 Å². The number of aromatic nitrogens is 1. The Labute approximate surface area is 72.2 Å². The van der Waals surface area contributed by atoms with Crippen LogP contribution in [0.2, 0.25) is 0 Å². The van der Waals surface area contributed by atoms with Crippen molar-refractivity contribution in [3.05, 3.63) is 29.6 Å². The zero-order chi connectivity index (χ0) is 9.14. The van der Waals surface area contributed by atoms with Gasteiger partial charge in [-0.05, 0) is 25.5 Å². The molecule has 0 bridgehead atoms. The number of nitrogens with zero attached hydrogens (tertiary/aromatic N) is 1. The zero-order valence-electron chi connectivity index (χ0n) is 7.36. The second-order valence-electron chi connectivity index (χ2n) is 3.06. The third-order valence-electron chi connectivity index (χ3n) is 1.74. The molecule has 0 fully saturated rings. The van der Waals surface area contributed by atoms with E-state index in [0.29, 0.717) is 5.69 Å². The van der Waals surface area contributed by atoms with E-state index in [-0.39, 0.29) is 6.04 Å². The second-order valence-corrected chi connectivity index (χ2v) is 3.06. The second kappa shape index (κ2) is 3.65. The highest BCUT2D eigenvalue weighted by Crippen LogP contribution is 2.12. The summed E-state index contributed by atoms with van der Waals surface area (Å²) in [6.07, 6.45) is 1.06. The molecule has 3 heteroatoms. The average molecular weight is 166 g/mol. The lowest BCUT2D eigenvalue weighted by molar-refractivity contribution is 0.149. The van der Waals surface area contributed by atoms with Gasteiger partial charge in [-0.1, -0.05) is 6.07 Å². The quantitative estimate of drug-likeness (QED) is 0.682. The van der Waals surface area contributed by atoms with Crippen molar-refractivity contribution in [3.8, 4) is 0 Å². The van der Waals surface area contributed by atoms with E-state index >= 15 is 0 Å². The molecular formula is C9H14N2O. The number of nitrogens with two attached hydrogens (primary N) is 1. The number of rotatable bonds is 2. The number of aryl methyl sites for hydroxylation is 1. The Kier molecular flexibility index (Phi) is 2.78. The summed E-state index contributed by atoms with van der Waals surface area (Å²) in [5, 5.41) is 9.50. The number of hydrogen-bond acceptors (Lipinski definition) is 3. The molecule has 1 heterocycles. The molecule has 0 aliphatic rings. The van der Waals surface area contributed by atoms with E-state index < -0.39 is 6.10 Å². The summed E-state index contributed by atoms with van der Waals surface area (Å²) >= 11 is 0. The first-order valence-corrected chi connectivity index (χ1v) is 3.97. The molecule has 12 heavy (non-hydrogen) atoms. The summed E-state index contributed by atoms with van der Waals surface area (Å²) in [6.45, 7) is 3.71. The molecule has 0 spiro atoms. The van der Waals surface area contributed by atoms with Crippen molar-refractivity contribution in [1.82, 2.24) is 4.98 Å². The fourth-order valence-corrected chi connectivity index (χ4v) is 0.924. The van der Waals surface area contributed by atoms with E-state index in [1.165, 1.54) is 0 Å². The van der Waals surface area contributed by atoms with Crippen molar-refractivity contribution < 1.29 is 5.11 Å². The molecular weight excluding hydrogens is 152 g/mol. The average Bonchev–Trinajstić information content (AvgIpc) is 2.04. The van der Waals surface area contributed by atoms with Gasteiger partial charge in [0, 0.05) is 12.2 Å². The maximum absolute atomic E-state index is 9.50. The predicted octanol–water partition coefficient (Wildman–Crippen LogP) is 0.771. The highest BCUT2D eigenvalue weighted by Gasteiger charge is 2.12. The molecule has 1 aromatic heterocycles. The van der Waals surface area contributed by atoms with Crippen LogP contribution in [0.1, 0.15) is 24.3 Å². The first-order chi connectivity index (χ1) is 5.61. The van der Waals surface area contributed by atoms with Crippen LogP contribution in [0.5, 0.6) is 0 Å². The maximum Gasteiger partial charge on any atom is 0.111 e. The van der Waals surface area contributed by atoms with Crippen LogP contribution in [-0.2, 0) is 0 Å². The Morgan fingerprint density at radius 3 is 2.58 bits per heavy atom. The molecule has 1 aromatic rings. The summed E-state index contributed by atoms with van der Waals surface area (Å²) in [7, 11) is 0. The molecule has 3 N–H and O–H groups in total. The van der Waals surface area contributed by atoms with E-state index in [9.17, 15) is 5.11 Å². The molecule has 0 aliphatic heterocycles. The minimum atomic E-state index is -0.661. The zero-order valence-corrected chi connectivity index (χ0v) is 7.36. The largest absolute Gasteiger partial charge is 0.385 e. The van der Waals surface area contributed by atoms with Gasteiger partial charge in [-0.2, -0.15) is 0 Å². The molecule has 0 saturated heterocycles. The highest BCUT2D eigenvalue weighted by atomic mass is 16.3. The molecule has 0 radical (unpaired) electrons. The minimum absolute atomic E-state index is 0.278. The van der Waals surface area contributed by atoms with Crippen LogP contribution in [0.3, 0.4) is 0 Å². The van der Waals surface area contributed by atoms with E-state index in [1.807, 2.05) is 13.0 Å².